The molecule has 2 rings (SSSR count). The molecule has 0 saturated carbocycles. The molecule has 1 aliphatic heterocycles. The molecule has 0 aromatic carbocycles. The summed E-state index contributed by atoms with van der Waals surface area (Å²) >= 11 is 2.06. The Kier molecular flexibility index (Phi) is 4.69. The summed E-state index contributed by atoms with van der Waals surface area (Å²) in [7, 11) is 0. The van der Waals surface area contributed by atoms with Gasteiger partial charge in [0.25, 0.3) is 0 Å². The smallest absolute Gasteiger partial charge is 0.147 e. The van der Waals surface area contributed by atoms with Crippen molar-refractivity contribution < 1.29 is 0 Å². The third-order valence-corrected chi connectivity index (χ3v) is 4.67. The fourth-order valence-electron chi connectivity index (χ4n) is 2.04. The molecule has 0 aliphatic carbocycles. The van der Waals surface area contributed by atoms with Gasteiger partial charge in [-0.15, -0.1) is 0 Å². The average Bonchev–Trinajstić information content (AvgIpc) is 2.82. The molecule has 1 aliphatic rings. The molecule has 1 saturated heterocycles. The van der Waals surface area contributed by atoms with Crippen LogP contribution < -0.4 is 10.6 Å². The minimum Gasteiger partial charge on any atom is -0.369 e. The Morgan fingerprint density at radius 2 is 2.11 bits per heavy atom. The number of hydrogen-bond acceptors (Lipinski definition) is 5. The molecule has 1 unspecified atom stereocenters. The second-order valence-corrected chi connectivity index (χ2v) is 6.65. The molecule has 18 heavy (non-hydrogen) atoms. The van der Waals surface area contributed by atoms with Crippen molar-refractivity contribution in [2.24, 2.45) is 0 Å². The Balaban J connectivity index is 1.88. The van der Waals surface area contributed by atoms with Gasteiger partial charge in [0.2, 0.25) is 0 Å². The van der Waals surface area contributed by atoms with Crippen molar-refractivity contribution in [3.63, 3.8) is 0 Å². The van der Waals surface area contributed by atoms with Crippen molar-refractivity contribution in [2.75, 3.05) is 29.5 Å². The first-order valence-electron chi connectivity index (χ1n) is 6.66. The van der Waals surface area contributed by atoms with Crippen LogP contribution in [-0.2, 0) is 0 Å². The number of rotatable bonds is 6. The normalized spacial score (nSPS) is 23.0. The van der Waals surface area contributed by atoms with Gasteiger partial charge < -0.3 is 10.6 Å². The zero-order valence-electron chi connectivity index (χ0n) is 11.2. The number of nitrogens with one attached hydrogen (secondary N) is 2. The molecule has 4 nitrogen and oxygen atoms in total. The zero-order valence-corrected chi connectivity index (χ0v) is 12.0. The van der Waals surface area contributed by atoms with Gasteiger partial charge in [0.05, 0.1) is 12.4 Å². The van der Waals surface area contributed by atoms with Gasteiger partial charge >= 0.3 is 0 Å². The van der Waals surface area contributed by atoms with E-state index in [9.17, 15) is 0 Å². The SMILES string of the molecule is CCCNc1cncc(NCC2(C)CCCS2)n1. The lowest BCUT2D eigenvalue weighted by Crippen LogP contribution is -2.27. The topological polar surface area (TPSA) is 49.8 Å². The summed E-state index contributed by atoms with van der Waals surface area (Å²) < 4.78 is 0.356. The van der Waals surface area contributed by atoms with Gasteiger partial charge in [-0.05, 0) is 31.9 Å². The number of anilines is 2. The maximum atomic E-state index is 4.51. The fraction of sp³-hybridized carbons (Fsp3) is 0.692. The van der Waals surface area contributed by atoms with E-state index in [4.69, 9.17) is 0 Å². The molecule has 5 heteroatoms. The maximum Gasteiger partial charge on any atom is 0.147 e. The molecule has 0 radical (unpaired) electrons. The fourth-order valence-corrected chi connectivity index (χ4v) is 3.29. The van der Waals surface area contributed by atoms with Crippen LogP contribution in [0.2, 0.25) is 0 Å². The Bertz CT molecular complexity index is 377. The summed E-state index contributed by atoms with van der Waals surface area (Å²) in [6.07, 6.45) is 7.26. The van der Waals surface area contributed by atoms with Gasteiger partial charge in [0.15, 0.2) is 0 Å². The van der Waals surface area contributed by atoms with Crippen molar-refractivity contribution in [3.8, 4) is 0 Å². The monoisotopic (exact) mass is 266 g/mol. The van der Waals surface area contributed by atoms with E-state index in [1.54, 1.807) is 12.4 Å². The van der Waals surface area contributed by atoms with Crippen LogP contribution in [0, 0.1) is 0 Å². The molecule has 1 aromatic heterocycles. The van der Waals surface area contributed by atoms with Crippen LogP contribution in [0.15, 0.2) is 12.4 Å². The van der Waals surface area contributed by atoms with Crippen LogP contribution in [-0.4, -0.2) is 33.6 Å². The third-order valence-electron chi connectivity index (χ3n) is 3.13. The van der Waals surface area contributed by atoms with Crippen molar-refractivity contribution in [2.45, 2.75) is 37.9 Å². The van der Waals surface area contributed by atoms with Gasteiger partial charge in [0, 0.05) is 17.8 Å². The molecular weight excluding hydrogens is 244 g/mol. The van der Waals surface area contributed by atoms with Gasteiger partial charge in [-0.2, -0.15) is 11.8 Å². The largest absolute Gasteiger partial charge is 0.369 e. The van der Waals surface area contributed by atoms with Gasteiger partial charge in [0.1, 0.15) is 11.6 Å². The number of aromatic nitrogens is 2. The Morgan fingerprint density at radius 3 is 2.78 bits per heavy atom. The first-order valence-corrected chi connectivity index (χ1v) is 7.64. The number of nitrogens with zero attached hydrogens (tertiary/aromatic N) is 2. The van der Waals surface area contributed by atoms with E-state index < -0.39 is 0 Å². The second kappa shape index (κ2) is 6.27. The van der Waals surface area contributed by atoms with Crippen LogP contribution in [0.5, 0.6) is 0 Å². The standard InChI is InChI=1S/C13H22N4S/c1-3-6-15-11-8-14-9-12(17-11)16-10-13(2)5-4-7-18-13/h8-9H,3-7,10H2,1-2H3,(H2,15,16,17). The highest BCUT2D eigenvalue weighted by Crippen LogP contribution is 2.37. The zero-order chi connectivity index (χ0) is 12.8. The minimum absolute atomic E-state index is 0.356. The van der Waals surface area contributed by atoms with E-state index in [2.05, 4.69) is 46.2 Å². The lowest BCUT2D eigenvalue weighted by Gasteiger charge is -2.23. The van der Waals surface area contributed by atoms with Gasteiger partial charge in [-0.1, -0.05) is 6.92 Å². The van der Waals surface area contributed by atoms with E-state index >= 15 is 0 Å². The Labute approximate surface area is 113 Å². The van der Waals surface area contributed by atoms with Crippen LogP contribution in [0.4, 0.5) is 11.6 Å². The van der Waals surface area contributed by atoms with Crippen molar-refractivity contribution >= 4 is 23.4 Å². The van der Waals surface area contributed by atoms with Crippen LogP contribution in [0.1, 0.15) is 33.1 Å². The predicted molar refractivity (Wildman–Crippen MR) is 79.4 cm³/mol. The first kappa shape index (κ1) is 13.5. The number of hydrogen-bond donors (Lipinski definition) is 2. The molecule has 0 spiro atoms. The Morgan fingerprint density at radius 1 is 1.33 bits per heavy atom. The predicted octanol–water partition coefficient (Wildman–Crippen LogP) is 3.00. The van der Waals surface area contributed by atoms with Gasteiger partial charge in [-0.3, -0.25) is 4.98 Å². The second-order valence-electron chi connectivity index (χ2n) is 4.97. The van der Waals surface area contributed by atoms with E-state index in [1.165, 1.54) is 18.6 Å². The van der Waals surface area contributed by atoms with Crippen LogP contribution in [0.25, 0.3) is 0 Å². The lowest BCUT2D eigenvalue weighted by molar-refractivity contribution is 0.633. The quantitative estimate of drug-likeness (QED) is 0.829. The lowest BCUT2D eigenvalue weighted by atomic mass is 10.1. The van der Waals surface area contributed by atoms with Crippen LogP contribution >= 0.6 is 11.8 Å². The summed E-state index contributed by atoms with van der Waals surface area (Å²) in [5.74, 6) is 3.00. The molecule has 2 heterocycles. The van der Waals surface area contributed by atoms with E-state index in [-0.39, 0.29) is 0 Å². The van der Waals surface area contributed by atoms with Crippen molar-refractivity contribution in [1.82, 2.24) is 9.97 Å². The minimum atomic E-state index is 0.356. The molecule has 1 aromatic rings. The summed E-state index contributed by atoms with van der Waals surface area (Å²) in [6.45, 7) is 6.36. The van der Waals surface area contributed by atoms with E-state index in [0.29, 0.717) is 4.75 Å². The third kappa shape index (κ3) is 3.77. The molecule has 0 bridgehead atoms. The van der Waals surface area contributed by atoms with Crippen molar-refractivity contribution in [3.05, 3.63) is 12.4 Å². The summed E-state index contributed by atoms with van der Waals surface area (Å²) in [5.41, 5.74) is 0. The highest BCUT2D eigenvalue weighted by atomic mass is 32.2. The molecular formula is C13H22N4S. The molecule has 1 atom stereocenters. The summed E-state index contributed by atoms with van der Waals surface area (Å²) in [4.78, 5) is 8.72. The molecule has 1 fully saturated rings. The molecule has 100 valence electrons. The molecule has 0 amide bonds. The summed E-state index contributed by atoms with van der Waals surface area (Å²) in [5, 5.41) is 6.66. The van der Waals surface area contributed by atoms with E-state index in [0.717, 1.165) is 31.1 Å². The maximum absolute atomic E-state index is 4.51. The highest BCUT2D eigenvalue weighted by molar-refractivity contribution is 8.00. The average molecular weight is 266 g/mol. The van der Waals surface area contributed by atoms with Gasteiger partial charge in [-0.25, -0.2) is 4.98 Å². The van der Waals surface area contributed by atoms with E-state index in [1.807, 2.05) is 0 Å². The Hall–Kier alpha value is -0.970. The highest BCUT2D eigenvalue weighted by Gasteiger charge is 2.29. The molecule has 2 N–H and O–H groups in total. The van der Waals surface area contributed by atoms with Crippen molar-refractivity contribution in [1.29, 1.82) is 0 Å². The summed E-state index contributed by atoms with van der Waals surface area (Å²) in [6, 6.07) is 0. The first-order chi connectivity index (χ1) is 8.72. The van der Waals surface area contributed by atoms with Crippen LogP contribution in [0.3, 0.4) is 0 Å². The number of thioether (sulfide) groups is 1.